The van der Waals surface area contributed by atoms with Gasteiger partial charge in [0.05, 0.1) is 26.4 Å². The topological polar surface area (TPSA) is 135 Å². The summed E-state index contributed by atoms with van der Waals surface area (Å²) in [7, 11) is 0. The summed E-state index contributed by atoms with van der Waals surface area (Å²) in [4.78, 5) is 25.0. The van der Waals surface area contributed by atoms with Crippen molar-refractivity contribution in [3.05, 3.63) is 10.4 Å². The van der Waals surface area contributed by atoms with E-state index in [9.17, 15) is 9.59 Å². The van der Waals surface area contributed by atoms with E-state index >= 15 is 0 Å². The van der Waals surface area contributed by atoms with E-state index in [1.54, 1.807) is 6.92 Å². The standard InChI is InChI=1S/C12H23N5O5/c1-2-14-11(18)9-22-10-12(19)15-3-5-20-7-8-21-6-4-16-17-13/h2-10H2,1H3,(H,14,18)(H,15,19). The lowest BCUT2D eigenvalue weighted by atomic mass is 10.5. The first-order chi connectivity index (χ1) is 10.7. The van der Waals surface area contributed by atoms with Crippen molar-refractivity contribution in [3.63, 3.8) is 0 Å². The average molecular weight is 317 g/mol. The molecular formula is C12H23N5O5. The molecule has 0 aromatic rings. The van der Waals surface area contributed by atoms with Gasteiger partial charge >= 0.3 is 0 Å². The number of likely N-dealkylation sites (N-methyl/N-ethyl adjacent to an activating group) is 1. The number of azide groups is 1. The predicted octanol–water partition coefficient (Wildman–Crippen LogP) is -0.401. The first-order valence-electron chi connectivity index (χ1n) is 6.98. The van der Waals surface area contributed by atoms with Gasteiger partial charge in [-0.05, 0) is 12.5 Å². The molecule has 10 heteroatoms. The molecule has 0 rings (SSSR count). The zero-order valence-electron chi connectivity index (χ0n) is 12.7. The molecule has 0 atom stereocenters. The zero-order chi connectivity index (χ0) is 16.5. The first kappa shape index (κ1) is 20.1. The molecule has 0 bridgehead atoms. The summed E-state index contributed by atoms with van der Waals surface area (Å²) in [6.07, 6.45) is 0. The number of ether oxygens (including phenoxy) is 3. The number of nitrogens with zero attached hydrogens (tertiary/aromatic N) is 3. The van der Waals surface area contributed by atoms with Crippen LogP contribution in [0.1, 0.15) is 6.92 Å². The maximum atomic E-state index is 11.3. The van der Waals surface area contributed by atoms with E-state index in [2.05, 4.69) is 20.7 Å². The number of hydrogen-bond acceptors (Lipinski definition) is 6. The molecule has 0 spiro atoms. The molecule has 10 nitrogen and oxygen atoms in total. The van der Waals surface area contributed by atoms with E-state index in [-0.39, 0.29) is 25.0 Å². The lowest BCUT2D eigenvalue weighted by Crippen LogP contribution is -2.33. The minimum Gasteiger partial charge on any atom is -0.379 e. The van der Waals surface area contributed by atoms with Crippen LogP contribution in [-0.2, 0) is 23.8 Å². The Hall–Kier alpha value is -1.87. The Bertz CT molecular complexity index is 360. The van der Waals surface area contributed by atoms with Crippen molar-refractivity contribution in [2.45, 2.75) is 6.92 Å². The smallest absolute Gasteiger partial charge is 0.246 e. The van der Waals surface area contributed by atoms with Crippen molar-refractivity contribution < 1.29 is 23.8 Å². The van der Waals surface area contributed by atoms with Gasteiger partial charge in [0.2, 0.25) is 11.8 Å². The van der Waals surface area contributed by atoms with E-state index < -0.39 is 0 Å². The molecule has 2 amide bonds. The molecule has 2 N–H and O–H groups in total. The van der Waals surface area contributed by atoms with E-state index in [0.717, 1.165) is 0 Å². The number of carbonyl (C=O) groups excluding carboxylic acids is 2. The van der Waals surface area contributed by atoms with Crippen LogP contribution in [-0.4, -0.2) is 71.1 Å². The van der Waals surface area contributed by atoms with Crippen molar-refractivity contribution in [1.29, 1.82) is 0 Å². The predicted molar refractivity (Wildman–Crippen MR) is 78.2 cm³/mol. The molecule has 22 heavy (non-hydrogen) atoms. The van der Waals surface area contributed by atoms with Crippen molar-refractivity contribution in [2.24, 2.45) is 5.11 Å². The molecule has 0 heterocycles. The van der Waals surface area contributed by atoms with E-state index in [4.69, 9.17) is 19.7 Å². The van der Waals surface area contributed by atoms with Gasteiger partial charge in [0, 0.05) is 24.5 Å². The highest BCUT2D eigenvalue weighted by Crippen LogP contribution is 1.81. The van der Waals surface area contributed by atoms with Crippen LogP contribution in [0, 0.1) is 0 Å². The highest BCUT2D eigenvalue weighted by molar-refractivity contribution is 5.79. The summed E-state index contributed by atoms with van der Waals surface area (Å²) in [5.41, 5.74) is 8.03. The van der Waals surface area contributed by atoms with Crippen molar-refractivity contribution in [3.8, 4) is 0 Å². The Morgan fingerprint density at radius 1 is 1.00 bits per heavy atom. The van der Waals surface area contributed by atoms with Crippen LogP contribution < -0.4 is 10.6 Å². The third-order valence-electron chi connectivity index (χ3n) is 2.18. The second kappa shape index (κ2) is 15.5. The highest BCUT2D eigenvalue weighted by atomic mass is 16.5. The molecule has 0 fully saturated rings. The minimum atomic E-state index is -0.307. The minimum absolute atomic E-state index is 0.134. The molecule has 0 aromatic heterocycles. The molecule has 0 aliphatic heterocycles. The van der Waals surface area contributed by atoms with E-state index in [1.807, 2.05) is 0 Å². The molecule has 0 aliphatic carbocycles. The van der Waals surface area contributed by atoms with Gasteiger partial charge < -0.3 is 24.8 Å². The second-order valence-electron chi connectivity index (χ2n) is 3.98. The maximum Gasteiger partial charge on any atom is 0.246 e. The van der Waals surface area contributed by atoms with Crippen molar-refractivity contribution >= 4 is 11.8 Å². The SMILES string of the molecule is CCNC(=O)COCC(=O)NCCOCCOCCN=[N+]=[N-]. The quantitative estimate of drug-likeness (QED) is 0.194. The van der Waals surface area contributed by atoms with E-state index in [1.165, 1.54) is 0 Å². The number of hydrogen-bond donors (Lipinski definition) is 2. The number of nitrogens with one attached hydrogen (secondary N) is 2. The van der Waals surface area contributed by atoms with Crippen LogP contribution in [0.2, 0.25) is 0 Å². The van der Waals surface area contributed by atoms with Gasteiger partial charge in [0.15, 0.2) is 0 Å². The lowest BCUT2D eigenvalue weighted by Gasteiger charge is -2.07. The summed E-state index contributed by atoms with van der Waals surface area (Å²) in [6.45, 7) is 4.16. The fourth-order valence-corrected chi connectivity index (χ4v) is 1.27. The van der Waals surface area contributed by atoms with Crippen LogP contribution in [0.4, 0.5) is 0 Å². The molecule has 0 saturated heterocycles. The van der Waals surface area contributed by atoms with Crippen LogP contribution in [0.5, 0.6) is 0 Å². The fourth-order valence-electron chi connectivity index (χ4n) is 1.27. The summed E-state index contributed by atoms with van der Waals surface area (Å²) < 4.78 is 15.3. The maximum absolute atomic E-state index is 11.3. The molecule has 126 valence electrons. The van der Waals surface area contributed by atoms with Crippen LogP contribution >= 0.6 is 0 Å². The summed E-state index contributed by atoms with van der Waals surface area (Å²) in [6, 6.07) is 0. The van der Waals surface area contributed by atoms with Crippen LogP contribution in [0.25, 0.3) is 10.4 Å². The second-order valence-corrected chi connectivity index (χ2v) is 3.98. The zero-order valence-corrected chi connectivity index (χ0v) is 12.7. The largest absolute Gasteiger partial charge is 0.379 e. The number of amides is 2. The Morgan fingerprint density at radius 2 is 1.64 bits per heavy atom. The van der Waals surface area contributed by atoms with Gasteiger partial charge in [0.25, 0.3) is 0 Å². The number of rotatable bonds is 14. The van der Waals surface area contributed by atoms with Crippen molar-refractivity contribution in [1.82, 2.24) is 10.6 Å². The summed E-state index contributed by atoms with van der Waals surface area (Å²) in [5.74, 6) is -0.558. The lowest BCUT2D eigenvalue weighted by molar-refractivity contribution is -0.131. The van der Waals surface area contributed by atoms with E-state index in [0.29, 0.717) is 46.1 Å². The third kappa shape index (κ3) is 14.5. The first-order valence-corrected chi connectivity index (χ1v) is 6.98. The molecule has 0 aromatic carbocycles. The fraction of sp³-hybridized carbons (Fsp3) is 0.833. The molecule has 0 radical (unpaired) electrons. The summed E-state index contributed by atoms with van der Waals surface area (Å²) >= 11 is 0. The van der Waals surface area contributed by atoms with Gasteiger partial charge in [0.1, 0.15) is 13.2 Å². The molecule has 0 aliphatic rings. The van der Waals surface area contributed by atoms with Gasteiger partial charge in [-0.15, -0.1) is 0 Å². The average Bonchev–Trinajstić information content (AvgIpc) is 2.49. The number of carbonyl (C=O) groups is 2. The molecular weight excluding hydrogens is 294 g/mol. The summed E-state index contributed by atoms with van der Waals surface area (Å²) in [5, 5.41) is 8.46. The normalized spacial score (nSPS) is 9.86. The third-order valence-corrected chi connectivity index (χ3v) is 2.18. The highest BCUT2D eigenvalue weighted by Gasteiger charge is 2.03. The Kier molecular flexibility index (Phi) is 14.2. The Morgan fingerprint density at radius 3 is 2.27 bits per heavy atom. The molecule has 0 saturated carbocycles. The van der Waals surface area contributed by atoms with Crippen LogP contribution in [0.15, 0.2) is 5.11 Å². The van der Waals surface area contributed by atoms with Crippen LogP contribution in [0.3, 0.4) is 0 Å². The van der Waals surface area contributed by atoms with Crippen molar-refractivity contribution in [2.75, 3.05) is 59.3 Å². The van der Waals surface area contributed by atoms with Gasteiger partial charge in [-0.1, -0.05) is 5.11 Å². The monoisotopic (exact) mass is 317 g/mol. The van der Waals surface area contributed by atoms with Gasteiger partial charge in [-0.3, -0.25) is 9.59 Å². The van der Waals surface area contributed by atoms with Gasteiger partial charge in [-0.2, -0.15) is 0 Å². The Labute approximate surface area is 129 Å². The van der Waals surface area contributed by atoms with Gasteiger partial charge in [-0.25, -0.2) is 0 Å². The Balaban J connectivity index is 3.28. The molecule has 0 unspecified atom stereocenters.